The molecule has 0 bridgehead atoms. The van der Waals surface area contributed by atoms with Crippen molar-refractivity contribution in [1.29, 1.82) is 0 Å². The molecule has 0 spiro atoms. The highest BCUT2D eigenvalue weighted by molar-refractivity contribution is 5.99. The number of para-hydroxylation sites is 1. The van der Waals surface area contributed by atoms with Crippen LogP contribution in [0.4, 0.5) is 0 Å². The number of amides is 1. The van der Waals surface area contributed by atoms with Crippen LogP contribution in [0.1, 0.15) is 5.56 Å². The fraction of sp³-hybridized carbons (Fsp3) is 0.167. The monoisotopic (exact) mass is 379 g/mol. The second-order valence-corrected chi connectivity index (χ2v) is 6.33. The van der Waals surface area contributed by atoms with Crippen LogP contribution in [-0.2, 0) is 25.4 Å². The summed E-state index contributed by atoms with van der Waals surface area (Å²) in [6.45, 7) is -0.158. The zero-order valence-electron chi connectivity index (χ0n) is 15.2. The number of rotatable bonds is 4. The van der Waals surface area contributed by atoms with Gasteiger partial charge in [-0.05, 0) is 6.07 Å². The van der Waals surface area contributed by atoms with Crippen LogP contribution in [0.2, 0.25) is 0 Å². The van der Waals surface area contributed by atoms with Gasteiger partial charge in [-0.3, -0.25) is 18.7 Å². The molecule has 10 nitrogen and oxygen atoms in total. The number of benzene rings is 1. The molecule has 3 heterocycles. The molecule has 1 amide bonds. The fourth-order valence-electron chi connectivity index (χ4n) is 3.08. The molecule has 0 aliphatic heterocycles. The van der Waals surface area contributed by atoms with Gasteiger partial charge in [-0.1, -0.05) is 18.2 Å². The van der Waals surface area contributed by atoms with Crippen molar-refractivity contribution in [3.63, 3.8) is 0 Å². The number of fused-ring (bicyclic) bond motifs is 2. The van der Waals surface area contributed by atoms with Gasteiger partial charge in [0.1, 0.15) is 6.54 Å². The average Bonchev–Trinajstić information content (AvgIpc) is 3.29. The Morgan fingerprint density at radius 1 is 1.25 bits per heavy atom. The number of aromatic nitrogens is 5. The first-order chi connectivity index (χ1) is 13.5. The molecule has 0 fully saturated rings. The Morgan fingerprint density at radius 2 is 2.04 bits per heavy atom. The van der Waals surface area contributed by atoms with Crippen molar-refractivity contribution >= 4 is 34.2 Å². The van der Waals surface area contributed by atoms with Crippen molar-refractivity contribution in [1.82, 2.24) is 29.1 Å². The number of nitrogens with one attached hydrogen (secondary N) is 2. The highest BCUT2D eigenvalue weighted by Gasteiger charge is 2.15. The Kier molecular flexibility index (Phi) is 4.15. The standard InChI is InChI=1S/C18H17N7O3/c1-23-16-15(17(27)24(2)18(23)28)25(10-20-16)9-14(26)22-21-8-11-7-19-13-6-4-3-5-12(11)13/h3-8,10,19H,9H2,1-2H3,(H,22,26)/b21-8-. The van der Waals surface area contributed by atoms with E-state index in [0.717, 1.165) is 21.0 Å². The summed E-state index contributed by atoms with van der Waals surface area (Å²) in [5.74, 6) is -0.425. The van der Waals surface area contributed by atoms with E-state index in [1.807, 2.05) is 24.3 Å². The molecule has 0 aliphatic carbocycles. The molecule has 142 valence electrons. The van der Waals surface area contributed by atoms with Crippen molar-refractivity contribution in [2.24, 2.45) is 19.2 Å². The zero-order chi connectivity index (χ0) is 19.8. The van der Waals surface area contributed by atoms with Crippen molar-refractivity contribution in [3.8, 4) is 0 Å². The van der Waals surface area contributed by atoms with Crippen LogP contribution >= 0.6 is 0 Å². The summed E-state index contributed by atoms with van der Waals surface area (Å²) in [7, 11) is 2.90. The topological polar surface area (TPSA) is 119 Å². The molecule has 28 heavy (non-hydrogen) atoms. The van der Waals surface area contributed by atoms with Gasteiger partial charge in [-0.2, -0.15) is 5.10 Å². The number of hydrogen-bond donors (Lipinski definition) is 2. The van der Waals surface area contributed by atoms with E-state index in [2.05, 4.69) is 20.5 Å². The van der Waals surface area contributed by atoms with Crippen molar-refractivity contribution in [2.75, 3.05) is 0 Å². The Morgan fingerprint density at radius 3 is 2.86 bits per heavy atom. The molecule has 3 aromatic heterocycles. The maximum Gasteiger partial charge on any atom is 0.332 e. The predicted molar refractivity (Wildman–Crippen MR) is 104 cm³/mol. The minimum Gasteiger partial charge on any atom is -0.361 e. The number of imidazole rings is 1. The van der Waals surface area contributed by atoms with Gasteiger partial charge in [-0.25, -0.2) is 15.2 Å². The molecule has 0 saturated heterocycles. The summed E-state index contributed by atoms with van der Waals surface area (Å²) >= 11 is 0. The summed E-state index contributed by atoms with van der Waals surface area (Å²) in [6, 6.07) is 7.75. The summed E-state index contributed by atoms with van der Waals surface area (Å²) in [5.41, 5.74) is 3.67. The number of carbonyl (C=O) groups excluding carboxylic acids is 1. The van der Waals surface area contributed by atoms with E-state index < -0.39 is 17.2 Å². The molecule has 10 heteroatoms. The summed E-state index contributed by atoms with van der Waals surface area (Å²) < 4.78 is 3.64. The highest BCUT2D eigenvalue weighted by Crippen LogP contribution is 2.15. The van der Waals surface area contributed by atoms with Gasteiger partial charge in [0.15, 0.2) is 11.2 Å². The van der Waals surface area contributed by atoms with Crippen LogP contribution in [0, 0.1) is 0 Å². The minimum atomic E-state index is -0.509. The van der Waals surface area contributed by atoms with E-state index >= 15 is 0 Å². The Labute approximate surface area is 157 Å². The summed E-state index contributed by atoms with van der Waals surface area (Å²) in [6.07, 6.45) is 4.70. The van der Waals surface area contributed by atoms with E-state index in [1.54, 1.807) is 12.4 Å². The van der Waals surface area contributed by atoms with Gasteiger partial charge in [0.2, 0.25) is 0 Å². The average molecular weight is 379 g/mol. The highest BCUT2D eigenvalue weighted by atomic mass is 16.2. The largest absolute Gasteiger partial charge is 0.361 e. The first-order valence-electron chi connectivity index (χ1n) is 8.46. The van der Waals surface area contributed by atoms with E-state index in [4.69, 9.17) is 0 Å². The normalized spacial score (nSPS) is 11.6. The lowest BCUT2D eigenvalue weighted by atomic mass is 10.2. The third-order valence-electron chi connectivity index (χ3n) is 4.55. The van der Waals surface area contributed by atoms with Gasteiger partial charge in [0.05, 0.1) is 12.5 Å². The third-order valence-corrected chi connectivity index (χ3v) is 4.55. The maximum atomic E-state index is 12.4. The zero-order valence-corrected chi connectivity index (χ0v) is 15.2. The Hall–Kier alpha value is -3.95. The van der Waals surface area contributed by atoms with Crippen LogP contribution < -0.4 is 16.7 Å². The molecule has 4 aromatic rings. The smallest absolute Gasteiger partial charge is 0.332 e. The van der Waals surface area contributed by atoms with Gasteiger partial charge < -0.3 is 9.55 Å². The molecule has 4 rings (SSSR count). The second-order valence-electron chi connectivity index (χ2n) is 6.33. The van der Waals surface area contributed by atoms with E-state index in [9.17, 15) is 14.4 Å². The quantitative estimate of drug-likeness (QED) is 0.385. The molecule has 0 atom stereocenters. The lowest BCUT2D eigenvalue weighted by molar-refractivity contribution is -0.121. The SMILES string of the molecule is Cn1c(=O)c2c(ncn2CC(=O)N/N=C\c2c[nH]c3ccccc23)n(C)c1=O. The third kappa shape index (κ3) is 2.80. The molecular weight excluding hydrogens is 362 g/mol. The van der Waals surface area contributed by atoms with Gasteiger partial charge in [0.25, 0.3) is 11.5 Å². The Bertz CT molecular complexity index is 1350. The molecule has 1 aromatic carbocycles. The predicted octanol–water partition coefficient (Wildman–Crippen LogP) is 0.0653. The lowest BCUT2D eigenvalue weighted by Crippen LogP contribution is -2.38. The van der Waals surface area contributed by atoms with Crippen molar-refractivity contribution in [3.05, 3.63) is 63.2 Å². The molecule has 0 aliphatic rings. The molecule has 0 saturated carbocycles. The molecule has 0 radical (unpaired) electrons. The van der Waals surface area contributed by atoms with E-state index in [1.165, 1.54) is 29.6 Å². The lowest BCUT2D eigenvalue weighted by Gasteiger charge is -2.05. The summed E-state index contributed by atoms with van der Waals surface area (Å²) in [5, 5.41) is 4.97. The number of aryl methyl sites for hydroxylation is 1. The number of H-pyrrole nitrogens is 1. The minimum absolute atomic E-state index is 0.158. The number of carbonyl (C=O) groups is 1. The number of hydrogen-bond acceptors (Lipinski definition) is 5. The molecular formula is C18H17N7O3. The number of hydrazone groups is 1. The van der Waals surface area contributed by atoms with Crippen LogP contribution in [-0.4, -0.2) is 35.8 Å². The van der Waals surface area contributed by atoms with Gasteiger partial charge in [-0.15, -0.1) is 0 Å². The number of nitrogens with zero attached hydrogens (tertiary/aromatic N) is 5. The fourth-order valence-corrected chi connectivity index (χ4v) is 3.08. The number of aromatic amines is 1. The van der Waals surface area contributed by atoms with Gasteiger partial charge in [0, 0.05) is 36.8 Å². The Balaban J connectivity index is 1.55. The maximum absolute atomic E-state index is 12.4. The van der Waals surface area contributed by atoms with Crippen LogP contribution in [0.5, 0.6) is 0 Å². The van der Waals surface area contributed by atoms with Gasteiger partial charge >= 0.3 is 5.69 Å². The first kappa shape index (κ1) is 17.5. The van der Waals surface area contributed by atoms with Crippen LogP contribution in [0.3, 0.4) is 0 Å². The second kappa shape index (κ2) is 6.65. The van der Waals surface area contributed by atoms with E-state index in [-0.39, 0.29) is 17.7 Å². The summed E-state index contributed by atoms with van der Waals surface area (Å²) in [4.78, 5) is 43.8. The first-order valence-corrected chi connectivity index (χ1v) is 8.46. The van der Waals surface area contributed by atoms with Crippen LogP contribution in [0.25, 0.3) is 22.1 Å². The van der Waals surface area contributed by atoms with Crippen molar-refractivity contribution < 1.29 is 4.79 Å². The molecule has 0 unspecified atom stereocenters. The van der Waals surface area contributed by atoms with E-state index in [0.29, 0.717) is 0 Å². The van der Waals surface area contributed by atoms with Crippen molar-refractivity contribution in [2.45, 2.75) is 6.54 Å². The molecule has 2 N–H and O–H groups in total. The van der Waals surface area contributed by atoms with Crippen LogP contribution in [0.15, 0.2) is 51.5 Å².